The predicted octanol–water partition coefficient (Wildman–Crippen LogP) is 4.16. The van der Waals surface area contributed by atoms with Gasteiger partial charge >= 0.3 is 5.69 Å². The van der Waals surface area contributed by atoms with Crippen LogP contribution in [0.25, 0.3) is 16.7 Å². The van der Waals surface area contributed by atoms with E-state index >= 15 is 0 Å². The molecule has 0 aliphatic carbocycles. The Bertz CT molecular complexity index is 1440. The lowest BCUT2D eigenvalue weighted by Gasteiger charge is -2.37. The minimum absolute atomic E-state index is 0.0216. The molecule has 0 bridgehead atoms. The lowest BCUT2D eigenvalue weighted by atomic mass is 10.0. The Labute approximate surface area is 213 Å². The van der Waals surface area contributed by atoms with Gasteiger partial charge in [0.15, 0.2) is 16.6 Å². The van der Waals surface area contributed by atoms with Crippen molar-refractivity contribution in [2.24, 2.45) is 0 Å². The van der Waals surface area contributed by atoms with Gasteiger partial charge in [-0.15, -0.1) is 0 Å². The van der Waals surface area contributed by atoms with E-state index in [4.69, 9.17) is 11.6 Å². The zero-order valence-corrected chi connectivity index (χ0v) is 21.3. The minimum atomic E-state index is -0.680. The van der Waals surface area contributed by atoms with E-state index in [0.717, 1.165) is 5.56 Å². The van der Waals surface area contributed by atoms with Crippen LogP contribution in [0.3, 0.4) is 0 Å². The summed E-state index contributed by atoms with van der Waals surface area (Å²) >= 11 is 6.10. The predicted molar refractivity (Wildman–Crippen MR) is 137 cm³/mol. The first-order valence-electron chi connectivity index (χ1n) is 12.2. The summed E-state index contributed by atoms with van der Waals surface area (Å²) in [5, 5.41) is 0.0884. The number of likely N-dealkylation sites (tertiary alicyclic amines) is 1. The molecule has 0 aromatic carbocycles. The SMILES string of the molecule is C=C1CCN(C2CCN(c3nc(=O)n(-c4c(C)ccnc4C(C)C)c4nc(Cl)c(F)cc34)CC2)C1=O. The van der Waals surface area contributed by atoms with Gasteiger partial charge in [-0.1, -0.05) is 32.0 Å². The van der Waals surface area contributed by atoms with E-state index in [9.17, 15) is 14.0 Å². The number of piperidine rings is 1. The van der Waals surface area contributed by atoms with E-state index in [-0.39, 0.29) is 28.7 Å². The van der Waals surface area contributed by atoms with E-state index < -0.39 is 11.5 Å². The number of amides is 1. The zero-order chi connectivity index (χ0) is 25.7. The Morgan fingerprint density at radius 2 is 1.89 bits per heavy atom. The topological polar surface area (TPSA) is 84.2 Å². The fraction of sp³-hybridized carbons (Fsp3) is 0.423. The van der Waals surface area contributed by atoms with Crippen LogP contribution >= 0.6 is 11.6 Å². The van der Waals surface area contributed by atoms with Crippen molar-refractivity contribution in [1.29, 1.82) is 0 Å². The highest BCUT2D eigenvalue weighted by molar-refractivity contribution is 6.30. The van der Waals surface area contributed by atoms with Gasteiger partial charge in [0.25, 0.3) is 0 Å². The molecule has 3 aromatic rings. The molecule has 5 heterocycles. The highest BCUT2D eigenvalue weighted by atomic mass is 35.5. The number of halogens is 2. The third kappa shape index (κ3) is 4.05. The summed E-state index contributed by atoms with van der Waals surface area (Å²) in [4.78, 5) is 43.0. The van der Waals surface area contributed by atoms with Gasteiger partial charge < -0.3 is 9.80 Å². The number of anilines is 1. The van der Waals surface area contributed by atoms with Crippen molar-refractivity contribution < 1.29 is 9.18 Å². The van der Waals surface area contributed by atoms with Crippen LogP contribution in [0, 0.1) is 12.7 Å². The number of rotatable bonds is 4. The van der Waals surface area contributed by atoms with Gasteiger partial charge in [-0.3, -0.25) is 9.78 Å². The van der Waals surface area contributed by atoms with Crippen LogP contribution in [0.15, 0.2) is 35.3 Å². The van der Waals surface area contributed by atoms with E-state index in [1.165, 1.54) is 10.6 Å². The molecule has 8 nitrogen and oxygen atoms in total. The van der Waals surface area contributed by atoms with E-state index in [1.807, 2.05) is 36.6 Å². The standard InChI is InChI=1S/C26H28ClFN6O2/c1-14(2)20-21(15(3)5-9-29-20)34-24-18(13-19(28)22(27)30-24)23(31-26(34)36)32-10-7-17(8-11-32)33-12-6-16(4)25(33)35/h5,9,13-14,17H,4,6-8,10-12H2,1-3H3. The van der Waals surface area contributed by atoms with E-state index in [1.54, 1.807) is 6.20 Å². The van der Waals surface area contributed by atoms with Crippen LogP contribution in [-0.4, -0.2) is 56.0 Å². The first-order valence-corrected chi connectivity index (χ1v) is 12.5. The summed E-state index contributed by atoms with van der Waals surface area (Å²) in [6.07, 6.45) is 3.83. The minimum Gasteiger partial charge on any atom is -0.356 e. The second kappa shape index (κ2) is 9.28. The second-order valence-corrected chi connectivity index (χ2v) is 10.1. The summed E-state index contributed by atoms with van der Waals surface area (Å²) < 4.78 is 16.1. The molecule has 0 radical (unpaired) electrons. The number of hydrogen-bond donors (Lipinski definition) is 0. The number of pyridine rings is 2. The lowest BCUT2D eigenvalue weighted by molar-refractivity contribution is -0.127. The first kappa shape index (κ1) is 24.4. The third-order valence-electron chi connectivity index (χ3n) is 7.11. The molecule has 0 unspecified atom stereocenters. The van der Waals surface area contributed by atoms with Gasteiger partial charge in [-0.25, -0.2) is 18.7 Å². The molecule has 3 aromatic heterocycles. The van der Waals surface area contributed by atoms with E-state index in [0.29, 0.717) is 67.1 Å². The smallest absolute Gasteiger partial charge is 0.355 e. The summed E-state index contributed by atoms with van der Waals surface area (Å²) in [5.41, 5.74) is 2.49. The monoisotopic (exact) mass is 510 g/mol. The molecule has 2 aliphatic rings. The van der Waals surface area contributed by atoms with Crippen molar-refractivity contribution in [3.63, 3.8) is 0 Å². The molecule has 1 amide bonds. The van der Waals surface area contributed by atoms with Crippen LogP contribution in [0.1, 0.15) is 50.3 Å². The second-order valence-electron chi connectivity index (χ2n) is 9.77. The van der Waals surface area contributed by atoms with Gasteiger partial charge in [-0.2, -0.15) is 4.98 Å². The van der Waals surface area contributed by atoms with Crippen molar-refractivity contribution >= 4 is 34.4 Å². The Balaban J connectivity index is 1.60. The summed E-state index contributed by atoms with van der Waals surface area (Å²) in [5.74, 6) is -0.257. The molecule has 2 aliphatic heterocycles. The Morgan fingerprint density at radius 1 is 1.17 bits per heavy atom. The highest BCUT2D eigenvalue weighted by Gasteiger charge is 2.34. The van der Waals surface area contributed by atoms with Crippen molar-refractivity contribution in [3.8, 4) is 5.69 Å². The molecule has 2 fully saturated rings. The first-order chi connectivity index (χ1) is 17.2. The fourth-order valence-corrected chi connectivity index (χ4v) is 5.35. The van der Waals surface area contributed by atoms with Crippen LogP contribution in [0.5, 0.6) is 0 Å². The van der Waals surface area contributed by atoms with Crippen LogP contribution in [-0.2, 0) is 4.79 Å². The number of aryl methyl sites for hydroxylation is 1. The Hall–Kier alpha value is -3.33. The highest BCUT2D eigenvalue weighted by Crippen LogP contribution is 2.32. The number of hydrogen-bond acceptors (Lipinski definition) is 6. The van der Waals surface area contributed by atoms with Crippen molar-refractivity contribution in [3.05, 3.63) is 63.2 Å². The molecular formula is C26H28ClFN6O2. The van der Waals surface area contributed by atoms with Crippen LogP contribution in [0.4, 0.5) is 10.2 Å². The number of carbonyl (C=O) groups is 1. The summed E-state index contributed by atoms with van der Waals surface area (Å²) in [7, 11) is 0. The van der Waals surface area contributed by atoms with Crippen molar-refractivity contribution in [1.82, 2.24) is 24.4 Å². The number of aromatic nitrogens is 4. The van der Waals surface area contributed by atoms with Crippen molar-refractivity contribution in [2.75, 3.05) is 24.5 Å². The molecule has 0 atom stereocenters. The number of fused-ring (bicyclic) bond motifs is 1. The molecule has 0 saturated carbocycles. The van der Waals surface area contributed by atoms with Crippen LogP contribution in [0.2, 0.25) is 5.15 Å². The van der Waals surface area contributed by atoms with Gasteiger partial charge in [0.1, 0.15) is 5.82 Å². The summed E-state index contributed by atoms with van der Waals surface area (Å²) in [6, 6.07) is 3.22. The van der Waals surface area contributed by atoms with Gasteiger partial charge in [-0.05, 0) is 49.8 Å². The molecule has 36 heavy (non-hydrogen) atoms. The van der Waals surface area contributed by atoms with Crippen molar-refractivity contribution in [2.45, 2.75) is 52.0 Å². The van der Waals surface area contributed by atoms with Gasteiger partial charge in [0, 0.05) is 37.4 Å². The zero-order valence-electron chi connectivity index (χ0n) is 20.6. The molecule has 188 valence electrons. The lowest BCUT2D eigenvalue weighted by Crippen LogP contribution is -2.46. The maximum atomic E-state index is 14.7. The third-order valence-corrected chi connectivity index (χ3v) is 7.37. The molecule has 10 heteroatoms. The largest absolute Gasteiger partial charge is 0.356 e. The fourth-order valence-electron chi connectivity index (χ4n) is 5.22. The van der Waals surface area contributed by atoms with E-state index in [2.05, 4.69) is 21.5 Å². The maximum absolute atomic E-state index is 14.7. The molecule has 0 N–H and O–H groups in total. The summed E-state index contributed by atoms with van der Waals surface area (Å²) in [6.45, 7) is 11.6. The molecule has 0 spiro atoms. The van der Waals surface area contributed by atoms with Gasteiger partial charge in [0.2, 0.25) is 5.91 Å². The molecular weight excluding hydrogens is 483 g/mol. The average molecular weight is 511 g/mol. The maximum Gasteiger partial charge on any atom is 0.355 e. The van der Waals surface area contributed by atoms with Crippen LogP contribution < -0.4 is 10.6 Å². The average Bonchev–Trinajstić information content (AvgIpc) is 3.18. The molecule has 5 rings (SSSR count). The Kier molecular flexibility index (Phi) is 6.28. The molecule has 2 saturated heterocycles. The number of nitrogens with zero attached hydrogens (tertiary/aromatic N) is 6. The Morgan fingerprint density at radius 3 is 2.53 bits per heavy atom. The quantitative estimate of drug-likeness (QED) is 0.387. The van der Waals surface area contributed by atoms with Gasteiger partial charge in [0.05, 0.1) is 16.8 Å². The normalized spacial score (nSPS) is 17.2. The number of carbonyl (C=O) groups excluding carboxylic acids is 1.